The van der Waals surface area contributed by atoms with Crippen LogP contribution in [0.4, 0.5) is 0 Å². The Bertz CT molecular complexity index is 197. The van der Waals surface area contributed by atoms with Gasteiger partial charge in [0, 0.05) is 12.1 Å². The van der Waals surface area contributed by atoms with Crippen molar-refractivity contribution in [3.63, 3.8) is 0 Å². The lowest BCUT2D eigenvalue weighted by molar-refractivity contribution is 0.174. The predicted octanol–water partition coefficient (Wildman–Crippen LogP) is 3.17. The third kappa shape index (κ3) is 4.59. The van der Waals surface area contributed by atoms with Crippen LogP contribution in [0, 0.1) is 0 Å². The second-order valence-electron chi connectivity index (χ2n) is 6.06. The first-order chi connectivity index (χ1) is 8.36. The van der Waals surface area contributed by atoms with Gasteiger partial charge >= 0.3 is 0 Å². The van der Waals surface area contributed by atoms with Crippen LogP contribution >= 0.6 is 0 Å². The Hall–Kier alpha value is -0.0800. The lowest BCUT2D eigenvalue weighted by atomic mass is 10.00. The molecule has 17 heavy (non-hydrogen) atoms. The second kappa shape index (κ2) is 7.38. The highest BCUT2D eigenvalue weighted by atomic mass is 15.1. The van der Waals surface area contributed by atoms with Crippen LogP contribution in [0.3, 0.4) is 0 Å². The predicted molar refractivity (Wildman–Crippen MR) is 74.4 cm³/mol. The van der Waals surface area contributed by atoms with Crippen molar-refractivity contribution < 1.29 is 0 Å². The van der Waals surface area contributed by atoms with Gasteiger partial charge in [-0.15, -0.1) is 0 Å². The normalized spacial score (nSPS) is 29.1. The zero-order valence-electron chi connectivity index (χ0n) is 11.6. The van der Waals surface area contributed by atoms with Crippen LogP contribution in [-0.4, -0.2) is 37.1 Å². The molecule has 0 aromatic rings. The number of likely N-dealkylation sites (tertiary alicyclic amines) is 1. The van der Waals surface area contributed by atoms with Gasteiger partial charge in [-0.05, 0) is 52.2 Å². The van der Waals surface area contributed by atoms with Crippen LogP contribution in [-0.2, 0) is 0 Å². The van der Waals surface area contributed by atoms with Crippen molar-refractivity contribution in [2.75, 3.05) is 20.1 Å². The molecule has 1 unspecified atom stereocenters. The quantitative estimate of drug-likeness (QED) is 0.757. The molecular formula is C15H30N2. The van der Waals surface area contributed by atoms with Crippen molar-refractivity contribution >= 4 is 0 Å². The average Bonchev–Trinajstić information content (AvgIpc) is 2.60. The molecule has 1 heterocycles. The largest absolute Gasteiger partial charge is 0.314 e. The summed E-state index contributed by atoms with van der Waals surface area (Å²) in [5.74, 6) is 0. The molecule has 0 radical (unpaired) electrons. The first-order valence-corrected chi connectivity index (χ1v) is 7.80. The molecule has 2 rings (SSSR count). The minimum absolute atomic E-state index is 0.825. The first kappa shape index (κ1) is 13.4. The third-order valence-electron chi connectivity index (χ3n) is 4.69. The summed E-state index contributed by atoms with van der Waals surface area (Å²) < 4.78 is 0. The zero-order chi connectivity index (χ0) is 11.9. The Morgan fingerprint density at radius 3 is 2.35 bits per heavy atom. The molecule has 2 nitrogen and oxygen atoms in total. The first-order valence-electron chi connectivity index (χ1n) is 7.80. The fourth-order valence-electron chi connectivity index (χ4n) is 3.45. The topological polar surface area (TPSA) is 15.3 Å². The maximum absolute atomic E-state index is 3.80. The van der Waals surface area contributed by atoms with Crippen molar-refractivity contribution in [1.29, 1.82) is 0 Å². The summed E-state index contributed by atoms with van der Waals surface area (Å²) in [4.78, 5) is 2.57. The lowest BCUT2D eigenvalue weighted by Crippen LogP contribution is -2.39. The fourth-order valence-corrected chi connectivity index (χ4v) is 3.45. The number of piperidine rings is 1. The van der Waals surface area contributed by atoms with E-state index in [0.717, 1.165) is 12.1 Å². The average molecular weight is 238 g/mol. The van der Waals surface area contributed by atoms with E-state index in [-0.39, 0.29) is 0 Å². The Balaban J connectivity index is 1.60. The van der Waals surface area contributed by atoms with Gasteiger partial charge in [0.15, 0.2) is 0 Å². The minimum Gasteiger partial charge on any atom is -0.314 e. The van der Waals surface area contributed by atoms with Crippen LogP contribution in [0.2, 0.25) is 0 Å². The number of nitrogens with one attached hydrogen (secondary N) is 1. The van der Waals surface area contributed by atoms with E-state index in [1.807, 2.05) is 0 Å². The second-order valence-corrected chi connectivity index (χ2v) is 6.06. The van der Waals surface area contributed by atoms with E-state index in [1.54, 1.807) is 0 Å². The molecule has 1 aliphatic carbocycles. The molecule has 1 aliphatic heterocycles. The summed E-state index contributed by atoms with van der Waals surface area (Å²) in [7, 11) is 2.30. The lowest BCUT2D eigenvalue weighted by Gasteiger charge is -2.33. The van der Waals surface area contributed by atoms with Gasteiger partial charge in [-0.1, -0.05) is 32.1 Å². The van der Waals surface area contributed by atoms with Crippen molar-refractivity contribution in [3.8, 4) is 0 Å². The molecule has 0 aromatic heterocycles. The summed E-state index contributed by atoms with van der Waals surface area (Å²) in [6, 6.07) is 1.67. The standard InChI is InChI=1S/C15H30N2/c1-17-13-7-6-10-15(17)11-12-16-14-8-4-2-3-5-9-14/h14-16H,2-13H2,1H3. The third-order valence-corrected chi connectivity index (χ3v) is 4.69. The Morgan fingerprint density at radius 1 is 0.941 bits per heavy atom. The van der Waals surface area contributed by atoms with E-state index in [2.05, 4.69) is 17.3 Å². The Labute approximate surface area is 107 Å². The molecule has 0 spiro atoms. The maximum atomic E-state index is 3.80. The van der Waals surface area contributed by atoms with Crippen LogP contribution in [0.25, 0.3) is 0 Å². The zero-order valence-corrected chi connectivity index (χ0v) is 11.6. The van der Waals surface area contributed by atoms with Gasteiger partial charge in [-0.3, -0.25) is 0 Å². The SMILES string of the molecule is CN1CCCCC1CCNC1CCCCCC1. The summed E-state index contributed by atoms with van der Waals surface area (Å²) >= 11 is 0. The smallest absolute Gasteiger partial charge is 0.0104 e. The van der Waals surface area contributed by atoms with E-state index < -0.39 is 0 Å². The molecule has 0 bridgehead atoms. The summed E-state index contributed by atoms with van der Waals surface area (Å²) in [5.41, 5.74) is 0. The van der Waals surface area contributed by atoms with Crippen LogP contribution in [0.5, 0.6) is 0 Å². The molecule has 1 N–H and O–H groups in total. The van der Waals surface area contributed by atoms with E-state index in [4.69, 9.17) is 0 Å². The van der Waals surface area contributed by atoms with E-state index in [9.17, 15) is 0 Å². The number of hydrogen-bond acceptors (Lipinski definition) is 2. The van der Waals surface area contributed by atoms with Gasteiger partial charge in [0.05, 0.1) is 0 Å². The van der Waals surface area contributed by atoms with Gasteiger partial charge < -0.3 is 10.2 Å². The van der Waals surface area contributed by atoms with E-state index in [0.29, 0.717) is 0 Å². The molecule has 2 fully saturated rings. The Morgan fingerprint density at radius 2 is 1.65 bits per heavy atom. The van der Waals surface area contributed by atoms with Crippen LogP contribution < -0.4 is 5.32 Å². The highest BCUT2D eigenvalue weighted by Crippen LogP contribution is 2.19. The number of hydrogen-bond donors (Lipinski definition) is 1. The van der Waals surface area contributed by atoms with Gasteiger partial charge in [0.1, 0.15) is 0 Å². The number of rotatable bonds is 4. The van der Waals surface area contributed by atoms with Gasteiger partial charge in [0.2, 0.25) is 0 Å². The fraction of sp³-hybridized carbons (Fsp3) is 1.00. The molecule has 1 saturated heterocycles. The maximum Gasteiger partial charge on any atom is 0.0104 e. The molecular weight excluding hydrogens is 208 g/mol. The molecule has 0 amide bonds. The summed E-state index contributed by atoms with van der Waals surface area (Å²) in [6.45, 7) is 2.55. The van der Waals surface area contributed by atoms with E-state index >= 15 is 0 Å². The van der Waals surface area contributed by atoms with E-state index in [1.165, 1.54) is 77.3 Å². The molecule has 2 heteroatoms. The van der Waals surface area contributed by atoms with Gasteiger partial charge in [-0.2, -0.15) is 0 Å². The van der Waals surface area contributed by atoms with Crippen LogP contribution in [0.1, 0.15) is 64.2 Å². The highest BCUT2D eigenvalue weighted by molar-refractivity contribution is 4.77. The van der Waals surface area contributed by atoms with Crippen LogP contribution in [0.15, 0.2) is 0 Å². The summed E-state index contributed by atoms with van der Waals surface area (Å²) in [5, 5.41) is 3.80. The molecule has 2 aliphatic rings. The van der Waals surface area contributed by atoms with Gasteiger partial charge in [-0.25, -0.2) is 0 Å². The minimum atomic E-state index is 0.825. The van der Waals surface area contributed by atoms with Crippen molar-refractivity contribution in [2.24, 2.45) is 0 Å². The summed E-state index contributed by atoms with van der Waals surface area (Å²) in [6.07, 6.45) is 14.3. The van der Waals surface area contributed by atoms with Gasteiger partial charge in [0.25, 0.3) is 0 Å². The number of nitrogens with zero attached hydrogens (tertiary/aromatic N) is 1. The Kier molecular flexibility index (Phi) is 5.79. The molecule has 100 valence electrons. The molecule has 1 saturated carbocycles. The van der Waals surface area contributed by atoms with Crippen molar-refractivity contribution in [3.05, 3.63) is 0 Å². The van der Waals surface area contributed by atoms with Crippen molar-refractivity contribution in [2.45, 2.75) is 76.3 Å². The molecule has 1 atom stereocenters. The highest BCUT2D eigenvalue weighted by Gasteiger charge is 2.19. The monoisotopic (exact) mass is 238 g/mol. The van der Waals surface area contributed by atoms with Crippen molar-refractivity contribution in [1.82, 2.24) is 10.2 Å². The molecule has 0 aromatic carbocycles.